The molecule has 2 N–H and O–H groups in total. The van der Waals surface area contributed by atoms with Crippen molar-refractivity contribution >= 4 is 22.4 Å². The number of nitrogens with one attached hydrogen (secondary N) is 1. The lowest BCUT2D eigenvalue weighted by atomic mass is 9.96. The molecule has 0 aliphatic heterocycles. The summed E-state index contributed by atoms with van der Waals surface area (Å²) in [4.78, 5) is 32.9. The van der Waals surface area contributed by atoms with E-state index in [1.807, 2.05) is 32.0 Å². The van der Waals surface area contributed by atoms with Crippen molar-refractivity contribution in [1.82, 2.24) is 14.5 Å². The standard InChI is InChI=1S/C24H22N4O3/c1-14-8-18(15(2)27-21-7-5-4-6-17(21)24(30)31)19-10-22(16-11-25-13-26-12-16)28(3)23(29)20(19)9-14/h4-13,15,27H,1-3H3,(H,30,31). The molecule has 0 radical (unpaired) electrons. The predicted molar refractivity (Wildman–Crippen MR) is 120 cm³/mol. The summed E-state index contributed by atoms with van der Waals surface area (Å²) in [5.41, 5.74) is 3.93. The van der Waals surface area contributed by atoms with Crippen LogP contribution in [0.1, 0.15) is 34.5 Å². The average Bonchev–Trinajstić information content (AvgIpc) is 2.77. The van der Waals surface area contributed by atoms with Gasteiger partial charge in [-0.3, -0.25) is 4.79 Å². The van der Waals surface area contributed by atoms with Gasteiger partial charge in [0.2, 0.25) is 0 Å². The van der Waals surface area contributed by atoms with E-state index in [9.17, 15) is 14.7 Å². The fourth-order valence-electron chi connectivity index (χ4n) is 3.86. The molecule has 2 aromatic heterocycles. The van der Waals surface area contributed by atoms with Crippen LogP contribution in [0.5, 0.6) is 0 Å². The maximum atomic E-state index is 13.2. The number of aromatic nitrogens is 3. The minimum absolute atomic E-state index is 0.112. The summed E-state index contributed by atoms with van der Waals surface area (Å²) in [7, 11) is 1.73. The summed E-state index contributed by atoms with van der Waals surface area (Å²) < 4.78 is 1.60. The molecule has 2 heterocycles. The van der Waals surface area contributed by atoms with E-state index < -0.39 is 5.97 Å². The molecule has 0 saturated carbocycles. The molecule has 1 atom stereocenters. The van der Waals surface area contributed by atoms with E-state index in [4.69, 9.17) is 0 Å². The second-order valence-corrected chi connectivity index (χ2v) is 7.55. The second kappa shape index (κ2) is 8.02. The van der Waals surface area contributed by atoms with Gasteiger partial charge in [-0.2, -0.15) is 0 Å². The van der Waals surface area contributed by atoms with E-state index in [2.05, 4.69) is 15.3 Å². The maximum Gasteiger partial charge on any atom is 0.337 e. The Morgan fingerprint density at radius 3 is 2.52 bits per heavy atom. The summed E-state index contributed by atoms with van der Waals surface area (Å²) in [6, 6.07) is 12.4. The zero-order valence-corrected chi connectivity index (χ0v) is 17.5. The number of carboxylic acid groups (broad SMARTS) is 1. The van der Waals surface area contributed by atoms with E-state index in [-0.39, 0.29) is 17.2 Å². The van der Waals surface area contributed by atoms with Gasteiger partial charge in [0.1, 0.15) is 6.33 Å². The smallest absolute Gasteiger partial charge is 0.337 e. The molecular formula is C24H22N4O3. The largest absolute Gasteiger partial charge is 0.478 e. The number of anilines is 1. The van der Waals surface area contributed by atoms with Crippen LogP contribution in [0.3, 0.4) is 0 Å². The van der Waals surface area contributed by atoms with E-state index in [1.54, 1.807) is 48.3 Å². The molecule has 156 valence electrons. The Bertz CT molecular complexity index is 1350. The van der Waals surface area contributed by atoms with E-state index in [0.717, 1.165) is 22.1 Å². The van der Waals surface area contributed by atoms with Gasteiger partial charge in [-0.25, -0.2) is 14.8 Å². The van der Waals surface area contributed by atoms with Crippen LogP contribution in [-0.2, 0) is 7.05 Å². The number of pyridine rings is 1. The molecule has 2 aromatic carbocycles. The van der Waals surface area contributed by atoms with Crippen LogP contribution >= 0.6 is 0 Å². The van der Waals surface area contributed by atoms with Crippen molar-refractivity contribution in [2.75, 3.05) is 5.32 Å². The topological polar surface area (TPSA) is 97.1 Å². The third-order valence-corrected chi connectivity index (χ3v) is 5.39. The summed E-state index contributed by atoms with van der Waals surface area (Å²) >= 11 is 0. The van der Waals surface area contributed by atoms with Crippen molar-refractivity contribution in [3.63, 3.8) is 0 Å². The van der Waals surface area contributed by atoms with Crippen LogP contribution in [0.25, 0.3) is 22.0 Å². The van der Waals surface area contributed by atoms with Gasteiger partial charge in [0, 0.05) is 42.1 Å². The van der Waals surface area contributed by atoms with Crippen LogP contribution in [0.2, 0.25) is 0 Å². The van der Waals surface area contributed by atoms with Gasteiger partial charge in [0.15, 0.2) is 0 Å². The van der Waals surface area contributed by atoms with Crippen LogP contribution in [0, 0.1) is 6.92 Å². The predicted octanol–water partition coefficient (Wildman–Crippen LogP) is 4.18. The molecule has 0 saturated heterocycles. The lowest BCUT2D eigenvalue weighted by molar-refractivity contribution is 0.0698. The lowest BCUT2D eigenvalue weighted by Gasteiger charge is -2.21. The minimum atomic E-state index is -0.996. The molecule has 4 aromatic rings. The first-order valence-electron chi connectivity index (χ1n) is 9.85. The quantitative estimate of drug-likeness (QED) is 0.509. The highest BCUT2D eigenvalue weighted by Crippen LogP contribution is 2.30. The average molecular weight is 414 g/mol. The Balaban J connectivity index is 1.89. The number of benzene rings is 2. The van der Waals surface area contributed by atoms with Crippen molar-refractivity contribution in [3.8, 4) is 11.3 Å². The van der Waals surface area contributed by atoms with Gasteiger partial charge >= 0.3 is 5.97 Å². The Hall–Kier alpha value is -4.00. The van der Waals surface area contributed by atoms with Gasteiger partial charge in [-0.1, -0.05) is 18.2 Å². The van der Waals surface area contributed by atoms with Gasteiger partial charge in [0.25, 0.3) is 5.56 Å². The fourth-order valence-corrected chi connectivity index (χ4v) is 3.86. The number of rotatable bonds is 5. The highest BCUT2D eigenvalue weighted by Gasteiger charge is 2.18. The molecule has 0 aliphatic rings. The number of nitrogens with zero attached hydrogens (tertiary/aromatic N) is 3. The number of aryl methyl sites for hydroxylation is 1. The van der Waals surface area contributed by atoms with Gasteiger partial charge in [-0.15, -0.1) is 0 Å². The third-order valence-electron chi connectivity index (χ3n) is 5.39. The van der Waals surface area contributed by atoms with E-state index in [1.165, 1.54) is 6.33 Å². The van der Waals surface area contributed by atoms with E-state index in [0.29, 0.717) is 16.8 Å². The number of fused-ring (bicyclic) bond motifs is 1. The summed E-state index contributed by atoms with van der Waals surface area (Å²) in [5.74, 6) is -0.996. The summed E-state index contributed by atoms with van der Waals surface area (Å²) in [6.07, 6.45) is 4.79. The van der Waals surface area contributed by atoms with Crippen LogP contribution in [-0.4, -0.2) is 25.6 Å². The first kappa shape index (κ1) is 20.3. The molecule has 0 aliphatic carbocycles. The zero-order valence-electron chi connectivity index (χ0n) is 17.5. The number of hydrogen-bond donors (Lipinski definition) is 2. The SMILES string of the molecule is Cc1cc(C(C)Nc2ccccc2C(=O)O)c2cc(-c3cncnc3)n(C)c(=O)c2c1. The van der Waals surface area contributed by atoms with Crippen LogP contribution in [0.15, 0.2) is 66.0 Å². The van der Waals surface area contributed by atoms with Crippen molar-refractivity contribution in [2.24, 2.45) is 7.05 Å². The molecule has 7 heteroatoms. The summed E-state index contributed by atoms with van der Waals surface area (Å²) in [5, 5.41) is 14.2. The van der Waals surface area contributed by atoms with Crippen molar-refractivity contribution in [3.05, 3.63) is 88.2 Å². The Morgan fingerprint density at radius 1 is 1.10 bits per heavy atom. The molecule has 31 heavy (non-hydrogen) atoms. The van der Waals surface area contributed by atoms with Crippen molar-refractivity contribution < 1.29 is 9.90 Å². The normalized spacial score (nSPS) is 12.0. The lowest BCUT2D eigenvalue weighted by Crippen LogP contribution is -2.20. The molecule has 0 spiro atoms. The summed E-state index contributed by atoms with van der Waals surface area (Å²) in [6.45, 7) is 3.90. The Morgan fingerprint density at radius 2 is 1.81 bits per heavy atom. The molecule has 4 rings (SSSR count). The maximum absolute atomic E-state index is 13.2. The molecule has 0 fully saturated rings. The zero-order chi connectivity index (χ0) is 22.1. The molecule has 0 amide bonds. The van der Waals surface area contributed by atoms with Crippen LogP contribution < -0.4 is 10.9 Å². The van der Waals surface area contributed by atoms with Gasteiger partial charge in [0.05, 0.1) is 11.3 Å². The van der Waals surface area contributed by atoms with Gasteiger partial charge < -0.3 is 15.0 Å². The molecular weight excluding hydrogens is 392 g/mol. The monoisotopic (exact) mass is 414 g/mol. The third kappa shape index (κ3) is 3.77. The highest BCUT2D eigenvalue weighted by molar-refractivity contribution is 5.94. The number of aromatic carboxylic acids is 1. The van der Waals surface area contributed by atoms with E-state index >= 15 is 0 Å². The Labute approximate surface area is 179 Å². The number of para-hydroxylation sites is 1. The number of hydrogen-bond acceptors (Lipinski definition) is 5. The first-order chi connectivity index (χ1) is 14.9. The van der Waals surface area contributed by atoms with Crippen LogP contribution in [0.4, 0.5) is 5.69 Å². The molecule has 7 nitrogen and oxygen atoms in total. The first-order valence-corrected chi connectivity index (χ1v) is 9.85. The van der Waals surface area contributed by atoms with Crippen molar-refractivity contribution in [1.29, 1.82) is 0 Å². The van der Waals surface area contributed by atoms with Crippen molar-refractivity contribution in [2.45, 2.75) is 19.9 Å². The highest BCUT2D eigenvalue weighted by atomic mass is 16.4. The minimum Gasteiger partial charge on any atom is -0.478 e. The fraction of sp³-hybridized carbons (Fsp3) is 0.167. The van der Waals surface area contributed by atoms with Gasteiger partial charge in [-0.05, 0) is 54.6 Å². The Kier molecular flexibility index (Phi) is 5.25. The number of carbonyl (C=O) groups is 1. The number of carboxylic acids is 1. The second-order valence-electron chi connectivity index (χ2n) is 7.55. The molecule has 0 bridgehead atoms. The molecule has 1 unspecified atom stereocenters.